The summed E-state index contributed by atoms with van der Waals surface area (Å²) < 4.78 is 2.53. The summed E-state index contributed by atoms with van der Waals surface area (Å²) in [6.07, 6.45) is 6.51. The molecular weight excluding hydrogens is 204 g/mol. The molecule has 0 aliphatic heterocycles. The largest absolute Gasteiger partial charge is 0.354 e. The maximum Gasteiger partial charge on any atom is 0.0225 e. The van der Waals surface area contributed by atoms with Crippen LogP contribution in [0, 0.1) is 0 Å². The van der Waals surface area contributed by atoms with Crippen molar-refractivity contribution in [1.29, 1.82) is 0 Å². The molecule has 0 spiro atoms. The zero-order valence-electron chi connectivity index (χ0n) is 10.2. The highest BCUT2D eigenvalue weighted by atomic mass is 32.2. The summed E-state index contributed by atoms with van der Waals surface area (Å²) in [6.45, 7) is 9.76. The molecule has 0 aliphatic rings. The van der Waals surface area contributed by atoms with E-state index in [0.29, 0.717) is 4.75 Å². The number of nitrogens with zero attached hydrogens (tertiary/aromatic N) is 1. The summed E-state index contributed by atoms with van der Waals surface area (Å²) in [5, 5.41) is 3.50. The van der Waals surface area contributed by atoms with E-state index in [1.54, 1.807) is 0 Å². The van der Waals surface area contributed by atoms with Crippen LogP contribution in [0.15, 0.2) is 18.5 Å². The smallest absolute Gasteiger partial charge is 0.0225 e. The first-order valence-electron chi connectivity index (χ1n) is 5.48. The predicted molar refractivity (Wildman–Crippen MR) is 69.4 cm³/mol. The van der Waals surface area contributed by atoms with Crippen molar-refractivity contribution >= 4 is 11.8 Å². The quantitative estimate of drug-likeness (QED) is 0.803. The number of aromatic nitrogens is 1. The third kappa shape index (κ3) is 4.31. The van der Waals surface area contributed by atoms with Crippen molar-refractivity contribution in [3.63, 3.8) is 0 Å². The Bertz CT molecular complexity index is 292. The highest BCUT2D eigenvalue weighted by Gasteiger charge is 2.14. The van der Waals surface area contributed by atoms with Gasteiger partial charge in [0.05, 0.1) is 0 Å². The van der Waals surface area contributed by atoms with Crippen LogP contribution in [-0.2, 0) is 13.1 Å². The molecule has 0 radical (unpaired) electrons. The van der Waals surface area contributed by atoms with Gasteiger partial charge in [0.25, 0.3) is 0 Å². The van der Waals surface area contributed by atoms with Crippen LogP contribution in [0.3, 0.4) is 0 Å². The minimum Gasteiger partial charge on any atom is -0.354 e. The van der Waals surface area contributed by atoms with E-state index in [0.717, 1.165) is 19.6 Å². The van der Waals surface area contributed by atoms with Crippen LogP contribution in [0.25, 0.3) is 0 Å². The number of hydrogen-bond donors (Lipinski definition) is 1. The lowest BCUT2D eigenvalue weighted by atomic mass is 10.2. The molecule has 0 amide bonds. The Balaban J connectivity index is 2.31. The van der Waals surface area contributed by atoms with Crippen molar-refractivity contribution in [3.8, 4) is 0 Å². The monoisotopic (exact) mass is 226 g/mol. The van der Waals surface area contributed by atoms with Crippen LogP contribution in [0.1, 0.15) is 26.3 Å². The van der Waals surface area contributed by atoms with Gasteiger partial charge < -0.3 is 9.88 Å². The summed E-state index contributed by atoms with van der Waals surface area (Å²) in [7, 11) is 0. The second kappa shape index (κ2) is 5.61. The van der Waals surface area contributed by atoms with E-state index in [-0.39, 0.29) is 0 Å². The van der Waals surface area contributed by atoms with Gasteiger partial charge in [0, 0.05) is 36.8 Å². The molecule has 0 saturated carbocycles. The highest BCUT2D eigenvalue weighted by Crippen LogP contribution is 2.19. The maximum atomic E-state index is 3.50. The molecule has 0 unspecified atom stereocenters. The normalized spacial score (nSPS) is 12.0. The van der Waals surface area contributed by atoms with Gasteiger partial charge in [0.15, 0.2) is 0 Å². The second-order valence-corrected chi connectivity index (χ2v) is 5.93. The van der Waals surface area contributed by atoms with E-state index >= 15 is 0 Å². The molecule has 1 N–H and O–H groups in total. The minimum atomic E-state index is 0.327. The first-order valence-corrected chi connectivity index (χ1v) is 6.70. The highest BCUT2D eigenvalue weighted by molar-refractivity contribution is 7.99. The van der Waals surface area contributed by atoms with Gasteiger partial charge in [0.2, 0.25) is 0 Å². The Morgan fingerprint density at radius 1 is 1.47 bits per heavy atom. The number of rotatable bonds is 6. The average Bonchev–Trinajstić information content (AvgIpc) is 2.66. The Kier molecular flexibility index (Phi) is 4.74. The molecule has 0 saturated heterocycles. The summed E-state index contributed by atoms with van der Waals surface area (Å²) in [5.41, 5.74) is 1.37. The SMILES string of the molecule is CCn1ccc(CNCC(C)(C)SC)c1. The van der Waals surface area contributed by atoms with E-state index < -0.39 is 0 Å². The van der Waals surface area contributed by atoms with Crippen LogP contribution in [0.2, 0.25) is 0 Å². The van der Waals surface area contributed by atoms with Crippen LogP contribution in [0.5, 0.6) is 0 Å². The Labute approximate surface area is 97.4 Å². The van der Waals surface area contributed by atoms with E-state index in [1.165, 1.54) is 5.56 Å². The van der Waals surface area contributed by atoms with Crippen molar-refractivity contribution in [3.05, 3.63) is 24.0 Å². The van der Waals surface area contributed by atoms with E-state index in [2.05, 4.69) is 55.4 Å². The predicted octanol–water partition coefficient (Wildman–Crippen LogP) is 2.74. The number of thioether (sulfide) groups is 1. The third-order valence-corrected chi connectivity index (χ3v) is 3.86. The molecule has 0 aromatic carbocycles. The second-order valence-electron chi connectivity index (χ2n) is 4.42. The van der Waals surface area contributed by atoms with Gasteiger partial charge in [-0.3, -0.25) is 0 Å². The number of nitrogens with one attached hydrogen (secondary N) is 1. The topological polar surface area (TPSA) is 17.0 Å². The Morgan fingerprint density at radius 3 is 2.73 bits per heavy atom. The molecule has 0 atom stereocenters. The van der Waals surface area contributed by atoms with Crippen LogP contribution >= 0.6 is 11.8 Å². The number of hydrogen-bond acceptors (Lipinski definition) is 2. The molecule has 0 aliphatic carbocycles. The Hall–Kier alpha value is -0.410. The molecule has 1 rings (SSSR count). The van der Waals surface area contributed by atoms with Crippen LogP contribution in [0.4, 0.5) is 0 Å². The van der Waals surface area contributed by atoms with E-state index in [1.807, 2.05) is 11.8 Å². The fourth-order valence-electron chi connectivity index (χ4n) is 1.37. The van der Waals surface area contributed by atoms with Gasteiger partial charge in [0.1, 0.15) is 0 Å². The summed E-state index contributed by atoms with van der Waals surface area (Å²) in [6, 6.07) is 2.18. The summed E-state index contributed by atoms with van der Waals surface area (Å²) in [4.78, 5) is 0. The van der Waals surface area contributed by atoms with E-state index in [9.17, 15) is 0 Å². The molecule has 0 fully saturated rings. The lowest BCUT2D eigenvalue weighted by Crippen LogP contribution is -2.31. The number of aryl methyl sites for hydroxylation is 1. The van der Waals surface area contributed by atoms with Crippen molar-refractivity contribution in [2.24, 2.45) is 0 Å². The van der Waals surface area contributed by atoms with Crippen LogP contribution < -0.4 is 5.32 Å². The van der Waals surface area contributed by atoms with Gasteiger partial charge in [-0.15, -0.1) is 0 Å². The third-order valence-electron chi connectivity index (χ3n) is 2.61. The van der Waals surface area contributed by atoms with Crippen molar-refractivity contribution in [1.82, 2.24) is 9.88 Å². The van der Waals surface area contributed by atoms with E-state index in [4.69, 9.17) is 0 Å². The zero-order valence-corrected chi connectivity index (χ0v) is 11.0. The molecule has 2 nitrogen and oxygen atoms in total. The first-order chi connectivity index (χ1) is 7.07. The molecule has 3 heteroatoms. The molecule has 0 bridgehead atoms. The maximum absolute atomic E-state index is 3.50. The minimum absolute atomic E-state index is 0.327. The average molecular weight is 226 g/mol. The van der Waals surface area contributed by atoms with Crippen molar-refractivity contribution in [2.45, 2.75) is 38.6 Å². The molecule has 15 heavy (non-hydrogen) atoms. The van der Waals surface area contributed by atoms with Gasteiger partial charge in [-0.05, 0) is 38.7 Å². The van der Waals surface area contributed by atoms with Crippen molar-refractivity contribution < 1.29 is 0 Å². The van der Waals surface area contributed by atoms with Crippen molar-refractivity contribution in [2.75, 3.05) is 12.8 Å². The standard InChI is InChI=1S/C12H22N2S/c1-5-14-7-6-11(9-14)8-13-10-12(2,3)15-4/h6-7,9,13H,5,8,10H2,1-4H3. The molecule has 1 heterocycles. The van der Waals surface area contributed by atoms with Gasteiger partial charge in [-0.1, -0.05) is 0 Å². The lowest BCUT2D eigenvalue weighted by Gasteiger charge is -2.22. The van der Waals surface area contributed by atoms with Gasteiger partial charge >= 0.3 is 0 Å². The fraction of sp³-hybridized carbons (Fsp3) is 0.667. The first kappa shape index (κ1) is 12.7. The lowest BCUT2D eigenvalue weighted by molar-refractivity contribution is 0.590. The molecular formula is C12H22N2S. The Morgan fingerprint density at radius 2 is 2.20 bits per heavy atom. The van der Waals surface area contributed by atoms with Gasteiger partial charge in [-0.25, -0.2) is 0 Å². The molecule has 86 valence electrons. The molecule has 1 aromatic heterocycles. The van der Waals surface area contributed by atoms with Gasteiger partial charge in [-0.2, -0.15) is 11.8 Å². The summed E-state index contributed by atoms with van der Waals surface area (Å²) >= 11 is 1.90. The summed E-state index contributed by atoms with van der Waals surface area (Å²) in [5.74, 6) is 0. The zero-order chi connectivity index (χ0) is 11.3. The fourth-order valence-corrected chi connectivity index (χ4v) is 1.62. The molecule has 1 aromatic rings. The van der Waals surface area contributed by atoms with Crippen LogP contribution in [-0.4, -0.2) is 22.1 Å².